The zero-order valence-electron chi connectivity index (χ0n) is 26.4. The molecule has 246 valence electrons. The second-order valence-electron chi connectivity index (χ2n) is 12.3. The number of rotatable bonds is 16. The van der Waals surface area contributed by atoms with Crippen molar-refractivity contribution in [2.45, 2.75) is 81.6 Å². The lowest BCUT2D eigenvalue weighted by Gasteiger charge is -2.31. The number of unbranched alkanes of at least 4 members (excludes halogenated alkanes) is 1. The lowest BCUT2D eigenvalue weighted by atomic mass is 10.0. The molecule has 4 unspecified atom stereocenters. The van der Waals surface area contributed by atoms with E-state index in [1.165, 1.54) is 6.42 Å². The molecule has 9 nitrogen and oxygen atoms in total. The van der Waals surface area contributed by atoms with Gasteiger partial charge in [0.05, 0.1) is 55.4 Å². The summed E-state index contributed by atoms with van der Waals surface area (Å²) in [7, 11) is 0. The maximum Gasteiger partial charge on any atom is 0.407 e. The summed E-state index contributed by atoms with van der Waals surface area (Å²) in [6.45, 7) is 7.77. The number of nitrogens with one attached hydrogen (secondary N) is 1. The molecule has 5 rings (SSSR count). The Labute approximate surface area is 273 Å². The van der Waals surface area contributed by atoms with Gasteiger partial charge in [0.2, 0.25) is 0 Å². The van der Waals surface area contributed by atoms with Gasteiger partial charge in [0.25, 0.3) is 0 Å². The number of hydrogen-bond donors (Lipinski definition) is 2. The first kappa shape index (κ1) is 34.1. The predicted octanol–water partition coefficient (Wildman–Crippen LogP) is 5.91. The molecule has 2 aliphatic rings. The fourth-order valence-electron chi connectivity index (χ4n) is 5.83. The van der Waals surface area contributed by atoms with Crippen LogP contribution in [0.4, 0.5) is 4.79 Å². The van der Waals surface area contributed by atoms with Gasteiger partial charge >= 0.3 is 6.09 Å². The van der Waals surface area contributed by atoms with E-state index in [9.17, 15) is 14.5 Å². The Morgan fingerprint density at radius 2 is 2.02 bits per heavy atom. The standard InChI is InChI=1S/C34H46N2O7S2/c1-4-5-15-44-22-25-20-41-31-12-11-26(17-28(25)31)45(39)36(18-23(2)3)19-30(37)29(16-24-9-7-6-8-10-24)35-34(38)43-32-21-42-33-27(32)13-14-40-33/h6-12,17,20,23,27,29-30,32-33,37H,4-5,13-16,18-19,21-22H2,1-3H3,(H,35,38)/t27?,29-,30+,32?,33?,45?/m0/s1. The molecule has 3 aromatic rings. The average Bonchev–Trinajstić information content (AvgIpc) is 3.76. The summed E-state index contributed by atoms with van der Waals surface area (Å²) in [5.74, 6) is 2.13. The largest absolute Gasteiger partial charge is 0.593 e. The highest BCUT2D eigenvalue weighted by Crippen LogP contribution is 2.33. The van der Waals surface area contributed by atoms with Crippen LogP contribution in [0, 0.1) is 11.8 Å². The molecule has 1 aromatic heterocycles. The summed E-state index contributed by atoms with van der Waals surface area (Å²) in [4.78, 5) is 13.8. The predicted molar refractivity (Wildman–Crippen MR) is 177 cm³/mol. The van der Waals surface area contributed by atoms with Gasteiger partial charge in [-0.1, -0.05) is 57.5 Å². The monoisotopic (exact) mass is 658 g/mol. The topological polar surface area (TPSA) is 116 Å². The molecular formula is C34H46N2O7S2. The molecule has 2 aliphatic heterocycles. The van der Waals surface area contributed by atoms with E-state index in [0.29, 0.717) is 24.5 Å². The van der Waals surface area contributed by atoms with Gasteiger partial charge in [-0.15, -0.1) is 4.31 Å². The van der Waals surface area contributed by atoms with Crippen molar-refractivity contribution in [1.29, 1.82) is 0 Å². The van der Waals surface area contributed by atoms with E-state index in [2.05, 4.69) is 26.1 Å². The number of benzene rings is 2. The van der Waals surface area contributed by atoms with E-state index >= 15 is 0 Å². The average molecular weight is 659 g/mol. The summed E-state index contributed by atoms with van der Waals surface area (Å²) in [6.07, 6.45) is 2.93. The number of furan rings is 1. The zero-order valence-corrected chi connectivity index (χ0v) is 28.0. The Morgan fingerprint density at radius 1 is 1.20 bits per heavy atom. The summed E-state index contributed by atoms with van der Waals surface area (Å²) in [5.41, 5.74) is 2.82. The first-order chi connectivity index (χ1) is 21.8. The SMILES string of the molecule is CCCCSCc1coc2ccc([S+]([O-])N(CC(C)C)C[C@@H](O)[C@H](Cc3ccccc3)NC(=O)OC3COC4OCCC34)cc12. The summed E-state index contributed by atoms with van der Waals surface area (Å²) in [5, 5.41) is 15.5. The molecule has 2 aromatic carbocycles. The highest BCUT2D eigenvalue weighted by Gasteiger charge is 2.44. The number of aliphatic hydroxyl groups excluding tert-OH is 1. The van der Waals surface area contributed by atoms with Crippen molar-refractivity contribution in [3.63, 3.8) is 0 Å². The normalized spacial score (nSPS) is 21.7. The minimum Gasteiger partial charge on any atom is -0.593 e. The van der Waals surface area contributed by atoms with Crippen LogP contribution in [0.25, 0.3) is 11.0 Å². The molecular weight excluding hydrogens is 613 g/mol. The lowest BCUT2D eigenvalue weighted by Crippen LogP contribution is -2.51. The van der Waals surface area contributed by atoms with Crippen LogP contribution in [-0.2, 0) is 37.7 Å². The van der Waals surface area contributed by atoms with Gasteiger partial charge in [-0.2, -0.15) is 11.8 Å². The summed E-state index contributed by atoms with van der Waals surface area (Å²) >= 11 is 0.322. The zero-order chi connectivity index (χ0) is 31.8. The molecule has 6 atom stereocenters. The number of hydrogen-bond acceptors (Lipinski definition) is 9. The van der Waals surface area contributed by atoms with Gasteiger partial charge in [-0.25, -0.2) is 4.79 Å². The lowest BCUT2D eigenvalue weighted by molar-refractivity contribution is -0.0907. The second kappa shape index (κ2) is 16.5. The van der Waals surface area contributed by atoms with Crippen molar-refractivity contribution in [3.8, 4) is 0 Å². The van der Waals surface area contributed by atoms with Crippen LogP contribution >= 0.6 is 11.8 Å². The maximum atomic E-state index is 14.1. The van der Waals surface area contributed by atoms with Gasteiger partial charge in [0.15, 0.2) is 11.2 Å². The van der Waals surface area contributed by atoms with Gasteiger partial charge < -0.3 is 33.6 Å². The molecule has 0 aliphatic carbocycles. The summed E-state index contributed by atoms with van der Waals surface area (Å²) in [6, 6.07) is 14.7. The van der Waals surface area contributed by atoms with Gasteiger partial charge in [-0.3, -0.25) is 0 Å². The van der Waals surface area contributed by atoms with Crippen LogP contribution < -0.4 is 5.32 Å². The van der Waals surface area contributed by atoms with E-state index in [-0.39, 0.29) is 31.3 Å². The fraction of sp³-hybridized carbons (Fsp3) is 0.559. The van der Waals surface area contributed by atoms with E-state index in [0.717, 1.165) is 46.4 Å². The quantitative estimate of drug-likeness (QED) is 0.143. The van der Waals surface area contributed by atoms with Crippen molar-refractivity contribution in [3.05, 3.63) is 65.9 Å². The number of carbonyl (C=O) groups is 1. The molecule has 2 fully saturated rings. The van der Waals surface area contributed by atoms with Crippen molar-refractivity contribution in [2.75, 3.05) is 32.1 Å². The van der Waals surface area contributed by atoms with E-state index < -0.39 is 35.7 Å². The molecule has 0 bridgehead atoms. The Kier molecular flexibility index (Phi) is 12.5. The van der Waals surface area contributed by atoms with Crippen molar-refractivity contribution >= 4 is 40.2 Å². The van der Waals surface area contributed by atoms with Gasteiger partial charge in [0.1, 0.15) is 11.7 Å². The van der Waals surface area contributed by atoms with Crippen LogP contribution in [0.15, 0.2) is 64.1 Å². The van der Waals surface area contributed by atoms with Crippen LogP contribution in [0.1, 0.15) is 51.2 Å². The second-order valence-corrected chi connectivity index (χ2v) is 14.9. The number of alkyl carbamates (subject to hydrolysis) is 1. The third-order valence-electron chi connectivity index (χ3n) is 8.23. The van der Waals surface area contributed by atoms with Gasteiger partial charge in [-0.05, 0) is 48.6 Å². The van der Waals surface area contributed by atoms with Crippen LogP contribution in [0.5, 0.6) is 0 Å². The van der Waals surface area contributed by atoms with E-state index in [1.54, 1.807) is 10.6 Å². The minimum atomic E-state index is -1.55. The Bertz CT molecular complexity index is 1360. The van der Waals surface area contributed by atoms with Crippen molar-refractivity contribution < 1.29 is 33.1 Å². The number of ether oxygens (including phenoxy) is 3. The number of amides is 1. The Balaban J connectivity index is 1.30. The van der Waals surface area contributed by atoms with Crippen LogP contribution in [-0.4, -0.2) is 76.7 Å². The third kappa shape index (κ3) is 9.18. The first-order valence-corrected chi connectivity index (χ1v) is 18.3. The highest BCUT2D eigenvalue weighted by molar-refractivity contribution is 7.98. The van der Waals surface area contributed by atoms with Crippen LogP contribution in [0.2, 0.25) is 0 Å². The molecule has 3 heterocycles. The number of aliphatic hydroxyl groups is 1. The maximum absolute atomic E-state index is 14.1. The smallest absolute Gasteiger partial charge is 0.407 e. The molecule has 0 saturated carbocycles. The van der Waals surface area contributed by atoms with E-state index in [1.807, 2.05) is 60.3 Å². The van der Waals surface area contributed by atoms with Gasteiger partial charge in [0, 0.05) is 29.3 Å². The fourth-order valence-corrected chi connectivity index (χ4v) is 8.34. The number of thioether (sulfide) groups is 1. The number of nitrogens with zero attached hydrogens (tertiary/aromatic N) is 1. The highest BCUT2D eigenvalue weighted by atomic mass is 32.2. The minimum absolute atomic E-state index is 0.0141. The molecule has 0 spiro atoms. The van der Waals surface area contributed by atoms with E-state index in [4.69, 9.17) is 18.6 Å². The van der Waals surface area contributed by atoms with Crippen molar-refractivity contribution in [1.82, 2.24) is 9.62 Å². The van der Waals surface area contributed by atoms with Crippen LogP contribution in [0.3, 0.4) is 0 Å². The third-order valence-corrected chi connectivity index (χ3v) is 10.7. The number of fused-ring (bicyclic) bond motifs is 2. The molecule has 2 saturated heterocycles. The Morgan fingerprint density at radius 3 is 2.80 bits per heavy atom. The Hall–Kier alpha value is -2.25. The molecule has 2 N–H and O–H groups in total. The molecule has 45 heavy (non-hydrogen) atoms. The molecule has 0 radical (unpaired) electrons. The number of carbonyl (C=O) groups excluding carboxylic acids is 1. The van der Waals surface area contributed by atoms with Crippen molar-refractivity contribution in [2.24, 2.45) is 11.8 Å². The molecule has 11 heteroatoms. The first-order valence-electron chi connectivity index (χ1n) is 16.0. The molecule has 1 amide bonds. The summed E-state index contributed by atoms with van der Waals surface area (Å²) < 4.78 is 38.6.